The molecule has 0 bridgehead atoms. The molecule has 0 spiro atoms. The Labute approximate surface area is 127 Å². The lowest BCUT2D eigenvalue weighted by Gasteiger charge is -2.14. The maximum absolute atomic E-state index is 14.0. The summed E-state index contributed by atoms with van der Waals surface area (Å²) in [4.78, 5) is 4.70. The third-order valence-corrected chi connectivity index (χ3v) is 4.07. The van der Waals surface area contributed by atoms with Gasteiger partial charge in [-0.1, -0.05) is 20.3 Å². The number of nitrogens with zero attached hydrogens (tertiary/aromatic N) is 1. The van der Waals surface area contributed by atoms with Gasteiger partial charge in [-0.2, -0.15) is 0 Å². The van der Waals surface area contributed by atoms with Crippen LogP contribution in [0.25, 0.3) is 10.9 Å². The van der Waals surface area contributed by atoms with Crippen molar-refractivity contribution >= 4 is 32.5 Å². The Hall–Kier alpha value is -1.16. The summed E-state index contributed by atoms with van der Waals surface area (Å²) >= 11 is 3.37. The molecule has 0 aliphatic rings. The Morgan fingerprint density at radius 1 is 1.25 bits per heavy atom. The van der Waals surface area contributed by atoms with Gasteiger partial charge < -0.3 is 5.32 Å². The van der Waals surface area contributed by atoms with Crippen LogP contribution in [0.2, 0.25) is 0 Å². The quantitative estimate of drug-likeness (QED) is 0.808. The molecule has 0 aliphatic heterocycles. The number of rotatable bonds is 5. The molecule has 108 valence electrons. The minimum absolute atomic E-state index is 0.236. The lowest BCUT2D eigenvalue weighted by Crippen LogP contribution is -2.04. The summed E-state index contributed by atoms with van der Waals surface area (Å²) in [6, 6.07) is 3.59. The highest BCUT2D eigenvalue weighted by molar-refractivity contribution is 9.10. The van der Waals surface area contributed by atoms with Crippen LogP contribution >= 0.6 is 15.9 Å². The number of fused-ring (bicyclic) bond motifs is 1. The van der Waals surface area contributed by atoms with Gasteiger partial charge in [-0.3, -0.25) is 4.98 Å². The van der Waals surface area contributed by atoms with Gasteiger partial charge in [-0.05, 0) is 53.4 Å². The van der Waals surface area contributed by atoms with E-state index < -0.39 is 0 Å². The Morgan fingerprint density at radius 2 is 2.00 bits per heavy atom. The molecular weight excluding hydrogens is 319 g/mol. The van der Waals surface area contributed by atoms with Crippen LogP contribution in [0.4, 0.5) is 10.1 Å². The molecule has 1 aromatic heterocycles. The zero-order valence-corrected chi connectivity index (χ0v) is 13.8. The first-order valence-electron chi connectivity index (χ1n) is 7.10. The minimum atomic E-state index is -0.236. The van der Waals surface area contributed by atoms with E-state index in [2.05, 4.69) is 35.1 Å². The fourth-order valence-electron chi connectivity index (χ4n) is 2.33. The van der Waals surface area contributed by atoms with E-state index in [1.54, 1.807) is 6.07 Å². The van der Waals surface area contributed by atoms with E-state index in [1.807, 2.05) is 13.0 Å². The van der Waals surface area contributed by atoms with Gasteiger partial charge in [0.15, 0.2) is 0 Å². The monoisotopic (exact) mass is 338 g/mol. The SMILES string of the molecule is CCCNc1cc(CCC)nc2c(C)cc(F)c(Br)c12. The fourth-order valence-corrected chi connectivity index (χ4v) is 2.85. The van der Waals surface area contributed by atoms with Gasteiger partial charge in [-0.25, -0.2) is 4.39 Å². The van der Waals surface area contributed by atoms with E-state index in [0.29, 0.717) is 4.47 Å². The van der Waals surface area contributed by atoms with E-state index in [9.17, 15) is 4.39 Å². The van der Waals surface area contributed by atoms with Crippen LogP contribution in [0.3, 0.4) is 0 Å². The molecule has 0 unspecified atom stereocenters. The summed E-state index contributed by atoms with van der Waals surface area (Å²) in [6.07, 6.45) is 3.01. The van der Waals surface area contributed by atoms with Crippen LogP contribution in [0.15, 0.2) is 16.6 Å². The molecule has 4 heteroatoms. The lowest BCUT2D eigenvalue weighted by atomic mass is 10.1. The van der Waals surface area contributed by atoms with Gasteiger partial charge in [0.25, 0.3) is 0 Å². The number of anilines is 1. The van der Waals surface area contributed by atoms with Crippen molar-refractivity contribution in [2.75, 3.05) is 11.9 Å². The molecule has 0 saturated heterocycles. The lowest BCUT2D eigenvalue weighted by molar-refractivity contribution is 0.622. The molecule has 0 fully saturated rings. The van der Waals surface area contributed by atoms with E-state index >= 15 is 0 Å². The second-order valence-corrected chi connectivity index (χ2v) is 5.84. The van der Waals surface area contributed by atoms with Crippen LogP contribution in [0, 0.1) is 12.7 Å². The third-order valence-electron chi connectivity index (χ3n) is 3.29. The standard InChI is InChI=1S/C16H20BrFN2/c1-4-6-11-9-13(19-7-5-2)14-15(17)12(18)8-10(3)16(14)20-11/h8-9H,4-7H2,1-3H3,(H,19,20). The number of nitrogens with one attached hydrogen (secondary N) is 1. The highest BCUT2D eigenvalue weighted by Gasteiger charge is 2.14. The van der Waals surface area contributed by atoms with Crippen molar-refractivity contribution in [3.8, 4) is 0 Å². The molecular formula is C16H20BrFN2. The average Bonchev–Trinajstić information content (AvgIpc) is 2.42. The first-order valence-corrected chi connectivity index (χ1v) is 7.89. The van der Waals surface area contributed by atoms with Crippen LogP contribution in [0.1, 0.15) is 37.9 Å². The molecule has 2 rings (SSSR count). The molecule has 2 aromatic rings. The zero-order chi connectivity index (χ0) is 14.7. The summed E-state index contributed by atoms with van der Waals surface area (Å²) in [6.45, 7) is 7.03. The molecule has 0 aliphatic carbocycles. The molecule has 1 N–H and O–H groups in total. The van der Waals surface area contributed by atoms with Gasteiger partial charge in [0.2, 0.25) is 0 Å². The fraction of sp³-hybridized carbons (Fsp3) is 0.438. The normalized spacial score (nSPS) is 11.1. The number of pyridine rings is 1. The maximum Gasteiger partial charge on any atom is 0.138 e. The second-order valence-electron chi connectivity index (χ2n) is 5.05. The van der Waals surface area contributed by atoms with Crippen molar-refractivity contribution in [1.82, 2.24) is 4.98 Å². The molecule has 0 radical (unpaired) electrons. The number of benzene rings is 1. The Morgan fingerprint density at radius 3 is 2.65 bits per heavy atom. The van der Waals surface area contributed by atoms with Crippen molar-refractivity contribution in [2.24, 2.45) is 0 Å². The summed E-state index contributed by atoms with van der Waals surface area (Å²) in [5.74, 6) is -0.236. The molecule has 1 aromatic carbocycles. The molecule has 0 atom stereocenters. The Bertz CT molecular complexity index is 626. The molecule has 1 heterocycles. The van der Waals surface area contributed by atoms with E-state index in [0.717, 1.165) is 53.7 Å². The average molecular weight is 339 g/mol. The van der Waals surface area contributed by atoms with Crippen LogP contribution in [0.5, 0.6) is 0 Å². The van der Waals surface area contributed by atoms with Gasteiger partial charge in [0, 0.05) is 23.3 Å². The van der Waals surface area contributed by atoms with Crippen LogP contribution < -0.4 is 5.32 Å². The predicted octanol–water partition coefficient (Wildman–Crippen LogP) is 5.22. The minimum Gasteiger partial charge on any atom is -0.384 e. The number of hydrogen-bond donors (Lipinski definition) is 1. The summed E-state index contributed by atoms with van der Waals surface area (Å²) in [5.41, 5.74) is 3.77. The highest BCUT2D eigenvalue weighted by atomic mass is 79.9. The number of hydrogen-bond acceptors (Lipinski definition) is 2. The predicted molar refractivity (Wildman–Crippen MR) is 86.9 cm³/mol. The van der Waals surface area contributed by atoms with Gasteiger partial charge in [-0.15, -0.1) is 0 Å². The van der Waals surface area contributed by atoms with E-state index in [-0.39, 0.29) is 5.82 Å². The molecule has 2 nitrogen and oxygen atoms in total. The number of halogens is 2. The Balaban J connectivity index is 2.70. The highest BCUT2D eigenvalue weighted by Crippen LogP contribution is 2.34. The first-order chi connectivity index (χ1) is 9.58. The van der Waals surface area contributed by atoms with E-state index in [4.69, 9.17) is 4.98 Å². The number of aromatic nitrogens is 1. The van der Waals surface area contributed by atoms with Crippen LogP contribution in [-0.4, -0.2) is 11.5 Å². The molecule has 0 amide bonds. The van der Waals surface area contributed by atoms with E-state index in [1.165, 1.54) is 0 Å². The van der Waals surface area contributed by atoms with Gasteiger partial charge in [0.1, 0.15) is 5.82 Å². The zero-order valence-electron chi connectivity index (χ0n) is 12.2. The van der Waals surface area contributed by atoms with Crippen molar-refractivity contribution < 1.29 is 4.39 Å². The van der Waals surface area contributed by atoms with Crippen LogP contribution in [-0.2, 0) is 6.42 Å². The third kappa shape index (κ3) is 2.95. The summed E-state index contributed by atoms with van der Waals surface area (Å²) in [7, 11) is 0. The maximum atomic E-state index is 14.0. The summed E-state index contributed by atoms with van der Waals surface area (Å²) in [5, 5.41) is 4.24. The largest absolute Gasteiger partial charge is 0.384 e. The topological polar surface area (TPSA) is 24.9 Å². The smallest absolute Gasteiger partial charge is 0.138 e. The molecule has 0 saturated carbocycles. The summed E-state index contributed by atoms with van der Waals surface area (Å²) < 4.78 is 14.5. The van der Waals surface area contributed by atoms with Crippen molar-refractivity contribution in [3.05, 3.63) is 33.7 Å². The van der Waals surface area contributed by atoms with Gasteiger partial charge >= 0.3 is 0 Å². The Kier molecular flexibility index (Phi) is 4.97. The molecule has 20 heavy (non-hydrogen) atoms. The van der Waals surface area contributed by atoms with Crippen molar-refractivity contribution in [1.29, 1.82) is 0 Å². The van der Waals surface area contributed by atoms with Gasteiger partial charge in [0.05, 0.1) is 9.99 Å². The van der Waals surface area contributed by atoms with Crippen molar-refractivity contribution in [3.63, 3.8) is 0 Å². The van der Waals surface area contributed by atoms with Crippen molar-refractivity contribution in [2.45, 2.75) is 40.0 Å². The second kappa shape index (κ2) is 6.53. The first kappa shape index (κ1) is 15.2. The number of aryl methyl sites for hydroxylation is 2.